The molecule has 0 saturated carbocycles. The lowest BCUT2D eigenvalue weighted by Gasteiger charge is -2.05. The van der Waals surface area contributed by atoms with E-state index in [1.807, 2.05) is 0 Å². The minimum atomic E-state index is 1.01. The molecule has 12 heavy (non-hydrogen) atoms. The summed E-state index contributed by atoms with van der Waals surface area (Å²) >= 11 is 0. The van der Waals surface area contributed by atoms with Gasteiger partial charge in [-0.15, -0.1) is 0 Å². The predicted molar refractivity (Wildman–Crippen MR) is 52.6 cm³/mol. The van der Waals surface area contributed by atoms with Gasteiger partial charge in [0, 0.05) is 12.2 Å². The first kappa shape index (κ1) is 7.66. The maximum Gasteiger partial charge on any atom is 0.0343 e. The van der Waals surface area contributed by atoms with Crippen LogP contribution in [0.5, 0.6) is 0 Å². The Morgan fingerprint density at radius 2 is 2.08 bits per heavy atom. The van der Waals surface area contributed by atoms with E-state index < -0.39 is 0 Å². The second-order valence-corrected chi connectivity index (χ2v) is 3.37. The van der Waals surface area contributed by atoms with E-state index in [1.54, 1.807) is 11.1 Å². The highest BCUT2D eigenvalue weighted by Gasteiger charge is 2.09. The largest absolute Gasteiger partial charge is 0.385 e. The smallest absolute Gasteiger partial charge is 0.0343 e. The van der Waals surface area contributed by atoms with Crippen molar-refractivity contribution in [1.29, 1.82) is 0 Å². The van der Waals surface area contributed by atoms with Crippen molar-refractivity contribution in [2.24, 2.45) is 0 Å². The fourth-order valence-corrected chi connectivity index (χ4v) is 1.89. The molecule has 0 amide bonds. The molecule has 0 aliphatic heterocycles. The second-order valence-electron chi connectivity index (χ2n) is 3.37. The van der Waals surface area contributed by atoms with Crippen LogP contribution in [0.25, 0.3) is 0 Å². The lowest BCUT2D eigenvalue weighted by molar-refractivity contribution is 0.912. The van der Waals surface area contributed by atoms with Crippen molar-refractivity contribution in [3.05, 3.63) is 29.3 Å². The molecule has 64 valence electrons. The zero-order valence-electron chi connectivity index (χ0n) is 7.56. The second kappa shape index (κ2) is 3.18. The number of fused-ring (bicyclic) bond motifs is 1. The van der Waals surface area contributed by atoms with Crippen LogP contribution in [0, 0.1) is 0 Å². The molecule has 1 aliphatic carbocycles. The van der Waals surface area contributed by atoms with Crippen molar-refractivity contribution in [2.45, 2.75) is 26.2 Å². The van der Waals surface area contributed by atoms with E-state index in [0.717, 1.165) is 6.54 Å². The summed E-state index contributed by atoms with van der Waals surface area (Å²) in [5.74, 6) is 0. The van der Waals surface area contributed by atoms with Crippen LogP contribution in [-0.2, 0) is 12.8 Å². The van der Waals surface area contributed by atoms with Crippen LogP contribution >= 0.6 is 0 Å². The summed E-state index contributed by atoms with van der Waals surface area (Å²) in [5, 5.41) is 3.34. The molecule has 0 atom stereocenters. The molecular weight excluding hydrogens is 146 g/mol. The van der Waals surface area contributed by atoms with Gasteiger partial charge in [-0.2, -0.15) is 0 Å². The summed E-state index contributed by atoms with van der Waals surface area (Å²) in [6, 6.07) is 6.75. The zero-order chi connectivity index (χ0) is 8.39. The van der Waals surface area contributed by atoms with Gasteiger partial charge < -0.3 is 5.32 Å². The van der Waals surface area contributed by atoms with Crippen LogP contribution in [0.4, 0.5) is 5.69 Å². The first-order chi connectivity index (χ1) is 5.90. The molecule has 1 aromatic rings. The van der Waals surface area contributed by atoms with Crippen molar-refractivity contribution < 1.29 is 0 Å². The molecule has 0 aromatic heterocycles. The molecule has 0 heterocycles. The van der Waals surface area contributed by atoms with Crippen LogP contribution in [-0.4, -0.2) is 6.54 Å². The minimum Gasteiger partial charge on any atom is -0.385 e. The first-order valence-electron chi connectivity index (χ1n) is 4.76. The Kier molecular flexibility index (Phi) is 2.03. The predicted octanol–water partition coefficient (Wildman–Crippen LogP) is 2.61. The number of rotatable bonds is 2. The Bertz CT molecular complexity index is 278. The van der Waals surface area contributed by atoms with Gasteiger partial charge >= 0.3 is 0 Å². The Hall–Kier alpha value is -0.980. The summed E-state index contributed by atoms with van der Waals surface area (Å²) in [7, 11) is 0. The van der Waals surface area contributed by atoms with Gasteiger partial charge in [0.15, 0.2) is 0 Å². The summed E-state index contributed by atoms with van der Waals surface area (Å²) in [6.45, 7) is 3.14. The summed E-state index contributed by atoms with van der Waals surface area (Å²) < 4.78 is 0. The lowest BCUT2D eigenvalue weighted by atomic mass is 10.1. The van der Waals surface area contributed by atoms with Crippen molar-refractivity contribution in [2.75, 3.05) is 11.9 Å². The highest BCUT2D eigenvalue weighted by atomic mass is 14.8. The molecular formula is C11H15N. The topological polar surface area (TPSA) is 12.0 Å². The van der Waals surface area contributed by atoms with Crippen LogP contribution in [0.2, 0.25) is 0 Å². The summed E-state index contributed by atoms with van der Waals surface area (Å²) in [4.78, 5) is 0. The lowest BCUT2D eigenvalue weighted by Crippen LogP contribution is -1.96. The average molecular weight is 161 g/mol. The molecule has 1 nitrogen and oxygen atoms in total. The Morgan fingerprint density at radius 3 is 2.92 bits per heavy atom. The number of benzene rings is 1. The van der Waals surface area contributed by atoms with E-state index in [9.17, 15) is 0 Å². The quantitative estimate of drug-likeness (QED) is 0.703. The first-order valence-corrected chi connectivity index (χ1v) is 4.76. The Labute approximate surface area is 73.8 Å². The van der Waals surface area contributed by atoms with E-state index in [4.69, 9.17) is 0 Å². The molecule has 0 spiro atoms. The highest BCUT2D eigenvalue weighted by Crippen LogP contribution is 2.24. The summed E-state index contributed by atoms with van der Waals surface area (Å²) in [6.07, 6.45) is 3.89. The maximum absolute atomic E-state index is 3.34. The molecule has 0 radical (unpaired) electrons. The Morgan fingerprint density at radius 1 is 1.25 bits per heavy atom. The number of anilines is 1. The van der Waals surface area contributed by atoms with Crippen molar-refractivity contribution in [3.63, 3.8) is 0 Å². The van der Waals surface area contributed by atoms with Gasteiger partial charge in [-0.25, -0.2) is 0 Å². The standard InChI is InChI=1S/C11H15N/c1-2-12-11-7-6-9-4-3-5-10(9)8-11/h6-8,12H,2-5H2,1H3. The van der Waals surface area contributed by atoms with Gasteiger partial charge in [0.2, 0.25) is 0 Å². The number of hydrogen-bond donors (Lipinski definition) is 1. The van der Waals surface area contributed by atoms with Gasteiger partial charge in [-0.05, 0) is 49.4 Å². The monoisotopic (exact) mass is 161 g/mol. The molecule has 1 heteroatoms. The van der Waals surface area contributed by atoms with E-state index >= 15 is 0 Å². The van der Waals surface area contributed by atoms with Gasteiger partial charge in [0.1, 0.15) is 0 Å². The van der Waals surface area contributed by atoms with E-state index in [1.165, 1.54) is 24.9 Å². The molecule has 0 bridgehead atoms. The zero-order valence-corrected chi connectivity index (χ0v) is 7.56. The van der Waals surface area contributed by atoms with Gasteiger partial charge in [0.05, 0.1) is 0 Å². The number of aryl methyl sites for hydroxylation is 2. The van der Waals surface area contributed by atoms with Crippen LogP contribution in [0.1, 0.15) is 24.5 Å². The third kappa shape index (κ3) is 1.31. The summed E-state index contributed by atoms with van der Waals surface area (Å²) in [5.41, 5.74) is 4.38. The van der Waals surface area contributed by atoms with E-state index in [-0.39, 0.29) is 0 Å². The van der Waals surface area contributed by atoms with Crippen molar-refractivity contribution >= 4 is 5.69 Å². The van der Waals surface area contributed by atoms with Crippen LogP contribution < -0.4 is 5.32 Å². The number of nitrogens with one attached hydrogen (secondary N) is 1. The number of hydrogen-bond acceptors (Lipinski definition) is 1. The van der Waals surface area contributed by atoms with E-state index in [0.29, 0.717) is 0 Å². The van der Waals surface area contributed by atoms with Gasteiger partial charge in [0.25, 0.3) is 0 Å². The molecule has 1 N–H and O–H groups in total. The maximum atomic E-state index is 3.34. The molecule has 1 aromatic carbocycles. The highest BCUT2D eigenvalue weighted by molar-refractivity contribution is 5.49. The van der Waals surface area contributed by atoms with Crippen molar-refractivity contribution in [1.82, 2.24) is 0 Å². The SMILES string of the molecule is CCNc1ccc2c(c1)CCC2. The fourth-order valence-electron chi connectivity index (χ4n) is 1.89. The average Bonchev–Trinajstić information content (AvgIpc) is 2.51. The Balaban J connectivity index is 2.26. The normalized spacial score (nSPS) is 14.4. The molecule has 0 unspecified atom stereocenters. The van der Waals surface area contributed by atoms with E-state index in [2.05, 4.69) is 30.4 Å². The molecule has 0 saturated heterocycles. The van der Waals surface area contributed by atoms with Gasteiger partial charge in [-0.1, -0.05) is 6.07 Å². The third-order valence-electron chi connectivity index (χ3n) is 2.48. The van der Waals surface area contributed by atoms with Crippen LogP contribution in [0.15, 0.2) is 18.2 Å². The molecule has 2 rings (SSSR count). The van der Waals surface area contributed by atoms with Crippen LogP contribution in [0.3, 0.4) is 0 Å². The molecule has 0 fully saturated rings. The van der Waals surface area contributed by atoms with Crippen molar-refractivity contribution in [3.8, 4) is 0 Å². The van der Waals surface area contributed by atoms with Gasteiger partial charge in [-0.3, -0.25) is 0 Å². The molecule has 1 aliphatic rings. The fraction of sp³-hybridized carbons (Fsp3) is 0.455. The minimum absolute atomic E-state index is 1.01. The third-order valence-corrected chi connectivity index (χ3v) is 2.48.